The van der Waals surface area contributed by atoms with Gasteiger partial charge in [-0.2, -0.15) is 0 Å². The van der Waals surface area contributed by atoms with Gasteiger partial charge in [0.15, 0.2) is 5.12 Å². The van der Waals surface area contributed by atoms with Crippen molar-refractivity contribution in [2.24, 2.45) is 11.7 Å². The molecular formula is C12H23NO3S. The Hall–Kier alpha value is -0.550. The highest BCUT2D eigenvalue weighted by molar-refractivity contribution is 7.96. The van der Waals surface area contributed by atoms with Crippen molar-refractivity contribution in [3.63, 3.8) is 0 Å². The summed E-state index contributed by atoms with van der Waals surface area (Å²) < 4.78 is 5.25. The van der Waals surface area contributed by atoms with Crippen molar-refractivity contribution in [2.45, 2.75) is 58.6 Å². The van der Waals surface area contributed by atoms with Crippen LogP contribution in [0.5, 0.6) is 0 Å². The van der Waals surface area contributed by atoms with Crippen LogP contribution < -0.4 is 5.73 Å². The SMILES string of the molecule is CC(C[C@H](N)CCC(=O)S)C(=O)OC(C)(C)C. The molecule has 0 aliphatic rings. The number of thiol groups is 1. The molecule has 5 heteroatoms. The standard InChI is InChI=1S/C12H23NO3S/c1-8(11(15)16-12(2,3)4)7-9(13)5-6-10(14)17/h8-9H,5-7,13H2,1-4H3,(H,14,17)/t8?,9-/m1/s1. The number of ether oxygens (including phenoxy) is 1. The van der Waals surface area contributed by atoms with Crippen LogP contribution in [0.4, 0.5) is 0 Å². The molecule has 0 aliphatic carbocycles. The first-order valence-electron chi connectivity index (χ1n) is 5.82. The lowest BCUT2D eigenvalue weighted by Gasteiger charge is -2.23. The van der Waals surface area contributed by atoms with Crippen molar-refractivity contribution in [3.8, 4) is 0 Å². The first kappa shape index (κ1) is 16.4. The van der Waals surface area contributed by atoms with Crippen LogP contribution in [0.3, 0.4) is 0 Å². The summed E-state index contributed by atoms with van der Waals surface area (Å²) >= 11 is 3.67. The Labute approximate surface area is 109 Å². The summed E-state index contributed by atoms with van der Waals surface area (Å²) in [6, 6.07) is -0.173. The lowest BCUT2D eigenvalue weighted by Crippen LogP contribution is -2.31. The Balaban J connectivity index is 4.03. The van der Waals surface area contributed by atoms with Gasteiger partial charge in [0.1, 0.15) is 5.60 Å². The molecule has 17 heavy (non-hydrogen) atoms. The second kappa shape index (κ2) is 7.01. The van der Waals surface area contributed by atoms with Crippen LogP contribution in [0.2, 0.25) is 0 Å². The second-order valence-electron chi connectivity index (χ2n) is 5.36. The third kappa shape index (κ3) is 9.18. The molecule has 2 N–H and O–H groups in total. The zero-order chi connectivity index (χ0) is 13.6. The van der Waals surface area contributed by atoms with Crippen molar-refractivity contribution in [1.29, 1.82) is 0 Å². The van der Waals surface area contributed by atoms with Crippen LogP contribution in [-0.2, 0) is 14.3 Å². The van der Waals surface area contributed by atoms with Crippen LogP contribution in [0.1, 0.15) is 47.0 Å². The lowest BCUT2D eigenvalue weighted by atomic mass is 9.99. The van der Waals surface area contributed by atoms with E-state index in [-0.39, 0.29) is 23.0 Å². The van der Waals surface area contributed by atoms with E-state index in [1.807, 2.05) is 20.8 Å². The maximum absolute atomic E-state index is 11.7. The molecule has 0 aromatic carbocycles. The van der Waals surface area contributed by atoms with Crippen LogP contribution in [0.25, 0.3) is 0 Å². The summed E-state index contributed by atoms with van der Waals surface area (Å²) in [5.41, 5.74) is 5.35. The molecule has 1 unspecified atom stereocenters. The highest BCUT2D eigenvalue weighted by Gasteiger charge is 2.23. The largest absolute Gasteiger partial charge is 0.460 e. The molecule has 0 aliphatic heterocycles. The van der Waals surface area contributed by atoms with Gasteiger partial charge >= 0.3 is 5.97 Å². The molecule has 0 heterocycles. The van der Waals surface area contributed by atoms with Crippen LogP contribution in [-0.4, -0.2) is 22.7 Å². The second-order valence-corrected chi connectivity index (χ2v) is 5.86. The summed E-state index contributed by atoms with van der Waals surface area (Å²) in [5.74, 6) is -0.496. The normalized spacial score (nSPS) is 15.2. The van der Waals surface area contributed by atoms with Gasteiger partial charge in [0, 0.05) is 12.5 Å². The van der Waals surface area contributed by atoms with E-state index < -0.39 is 5.60 Å². The molecule has 0 spiro atoms. The van der Waals surface area contributed by atoms with Crippen LogP contribution in [0.15, 0.2) is 0 Å². The van der Waals surface area contributed by atoms with Crippen molar-refractivity contribution in [3.05, 3.63) is 0 Å². The number of rotatable bonds is 6. The summed E-state index contributed by atoms with van der Waals surface area (Å²) in [6.45, 7) is 7.28. The minimum absolute atomic E-state index is 0.173. The number of carbonyl (C=O) groups excluding carboxylic acids is 2. The Morgan fingerprint density at radius 3 is 2.29 bits per heavy atom. The van der Waals surface area contributed by atoms with Crippen molar-refractivity contribution in [2.75, 3.05) is 0 Å². The van der Waals surface area contributed by atoms with E-state index in [1.54, 1.807) is 6.92 Å². The smallest absolute Gasteiger partial charge is 0.309 e. The first-order chi connectivity index (χ1) is 7.61. The number of hydrogen-bond donors (Lipinski definition) is 2. The lowest BCUT2D eigenvalue weighted by molar-refractivity contribution is -0.159. The van der Waals surface area contributed by atoms with Gasteiger partial charge in [0.05, 0.1) is 5.92 Å². The van der Waals surface area contributed by atoms with E-state index in [0.29, 0.717) is 19.3 Å². The van der Waals surface area contributed by atoms with Crippen LogP contribution in [0, 0.1) is 5.92 Å². The molecule has 2 atom stereocenters. The Kier molecular flexibility index (Phi) is 6.78. The molecule has 0 aromatic heterocycles. The van der Waals surface area contributed by atoms with Crippen LogP contribution >= 0.6 is 12.6 Å². The average molecular weight is 261 g/mol. The first-order valence-corrected chi connectivity index (χ1v) is 6.26. The summed E-state index contributed by atoms with van der Waals surface area (Å²) in [6.07, 6.45) is 1.41. The van der Waals surface area contributed by atoms with Gasteiger partial charge in [0.25, 0.3) is 0 Å². The Morgan fingerprint density at radius 2 is 1.88 bits per heavy atom. The Bertz CT molecular complexity index is 273. The number of esters is 1. The highest BCUT2D eigenvalue weighted by Crippen LogP contribution is 2.15. The molecule has 100 valence electrons. The minimum Gasteiger partial charge on any atom is -0.460 e. The van der Waals surface area contributed by atoms with Gasteiger partial charge in [-0.05, 0) is 33.6 Å². The molecular weight excluding hydrogens is 238 g/mol. The van der Waals surface area contributed by atoms with Gasteiger partial charge < -0.3 is 10.5 Å². The third-order valence-corrected chi connectivity index (χ3v) is 2.42. The molecule has 0 bridgehead atoms. The van der Waals surface area contributed by atoms with E-state index in [0.717, 1.165) is 0 Å². The number of nitrogens with two attached hydrogens (primary N) is 1. The fourth-order valence-electron chi connectivity index (χ4n) is 1.38. The predicted molar refractivity (Wildman–Crippen MR) is 70.8 cm³/mol. The maximum atomic E-state index is 11.7. The third-order valence-electron chi connectivity index (χ3n) is 2.19. The molecule has 4 nitrogen and oxygen atoms in total. The van der Waals surface area contributed by atoms with Gasteiger partial charge in [-0.1, -0.05) is 6.92 Å². The number of carbonyl (C=O) groups is 2. The fourth-order valence-corrected chi connectivity index (χ4v) is 1.51. The molecule has 0 aromatic rings. The van der Waals surface area contributed by atoms with E-state index in [9.17, 15) is 9.59 Å². The molecule has 0 amide bonds. The van der Waals surface area contributed by atoms with Gasteiger partial charge in [-0.15, -0.1) is 12.6 Å². The van der Waals surface area contributed by atoms with E-state index in [4.69, 9.17) is 10.5 Å². The van der Waals surface area contributed by atoms with Crippen molar-refractivity contribution >= 4 is 23.7 Å². The monoisotopic (exact) mass is 261 g/mol. The average Bonchev–Trinajstić information content (AvgIpc) is 2.11. The van der Waals surface area contributed by atoms with E-state index in [2.05, 4.69) is 12.6 Å². The summed E-state index contributed by atoms with van der Waals surface area (Å²) in [5, 5.41) is -0.176. The summed E-state index contributed by atoms with van der Waals surface area (Å²) in [4.78, 5) is 22.3. The van der Waals surface area contributed by atoms with Gasteiger partial charge in [-0.25, -0.2) is 0 Å². The summed E-state index contributed by atoms with van der Waals surface area (Å²) in [7, 11) is 0. The molecule has 0 saturated carbocycles. The molecule has 0 saturated heterocycles. The maximum Gasteiger partial charge on any atom is 0.309 e. The Morgan fingerprint density at radius 1 is 1.35 bits per heavy atom. The minimum atomic E-state index is -0.476. The fraction of sp³-hybridized carbons (Fsp3) is 0.833. The van der Waals surface area contributed by atoms with E-state index >= 15 is 0 Å². The zero-order valence-electron chi connectivity index (χ0n) is 11.0. The van der Waals surface area contributed by atoms with E-state index in [1.165, 1.54) is 0 Å². The molecule has 0 rings (SSSR count). The van der Waals surface area contributed by atoms with Crippen molar-refractivity contribution < 1.29 is 14.3 Å². The van der Waals surface area contributed by atoms with Crippen molar-refractivity contribution in [1.82, 2.24) is 0 Å². The quantitative estimate of drug-likeness (QED) is 0.566. The predicted octanol–water partition coefficient (Wildman–Crippen LogP) is 1.92. The van der Waals surface area contributed by atoms with Gasteiger partial charge in [0.2, 0.25) is 0 Å². The highest BCUT2D eigenvalue weighted by atomic mass is 32.1. The zero-order valence-corrected chi connectivity index (χ0v) is 11.9. The number of hydrogen-bond acceptors (Lipinski definition) is 4. The topological polar surface area (TPSA) is 69.4 Å². The van der Waals surface area contributed by atoms with Gasteiger partial charge in [-0.3, -0.25) is 9.59 Å². The molecule has 0 fully saturated rings. The molecule has 0 radical (unpaired) electrons.